The third-order valence-corrected chi connectivity index (χ3v) is 4.84. The summed E-state index contributed by atoms with van der Waals surface area (Å²) in [6.45, 7) is 1.91. The molecule has 2 heterocycles. The van der Waals surface area contributed by atoms with Gasteiger partial charge in [-0.25, -0.2) is 9.97 Å². The lowest BCUT2D eigenvalue weighted by atomic mass is 10.1. The molecule has 0 fully saturated rings. The maximum atomic E-state index is 13.9. The van der Waals surface area contributed by atoms with E-state index in [0.29, 0.717) is 0 Å². The number of nitro benzene ring substituents is 1. The normalized spacial score (nSPS) is 10.9. The van der Waals surface area contributed by atoms with Crippen molar-refractivity contribution in [2.75, 3.05) is 12.4 Å². The molecule has 9 heteroatoms. The number of rotatable bonds is 5. The lowest BCUT2D eigenvalue weighted by Gasteiger charge is -2.12. The van der Waals surface area contributed by atoms with E-state index < -0.39 is 16.4 Å². The average molecular weight is 407 g/mol. The lowest BCUT2D eigenvalue weighted by Crippen LogP contribution is -2.04. The number of nitrogens with zero attached hydrogens (tertiary/aromatic N) is 4. The van der Waals surface area contributed by atoms with Gasteiger partial charge in [0.25, 0.3) is 0 Å². The van der Waals surface area contributed by atoms with Crippen LogP contribution in [0.2, 0.25) is 0 Å². The molecule has 0 aliphatic heterocycles. The standard InChI is InChI=1S/C21H18FN5O3/c1-12-10-23-21(24-16-9-8-15(22)19(27(28)29)20(16)30-3)25-18(12)14-11-26(2)17-7-5-4-6-13(14)17/h4-11H,1-3H3,(H,23,24,25). The SMILES string of the molecule is COc1c(Nc2ncc(C)c(-c3cn(C)c4ccccc34)n2)ccc(F)c1[N+](=O)[O-]. The van der Waals surface area contributed by atoms with E-state index >= 15 is 0 Å². The summed E-state index contributed by atoms with van der Waals surface area (Å²) in [5.74, 6) is -0.998. The summed E-state index contributed by atoms with van der Waals surface area (Å²) in [6.07, 6.45) is 3.66. The van der Waals surface area contributed by atoms with Crippen LogP contribution in [0, 0.1) is 22.9 Å². The molecule has 0 saturated carbocycles. The van der Waals surface area contributed by atoms with Crippen molar-refractivity contribution in [2.24, 2.45) is 7.05 Å². The topological polar surface area (TPSA) is 95.1 Å². The molecule has 0 bridgehead atoms. The van der Waals surface area contributed by atoms with Gasteiger partial charge < -0.3 is 14.6 Å². The van der Waals surface area contributed by atoms with Crippen molar-refractivity contribution in [1.82, 2.24) is 14.5 Å². The van der Waals surface area contributed by atoms with Gasteiger partial charge in [-0.3, -0.25) is 10.1 Å². The fourth-order valence-corrected chi connectivity index (χ4v) is 3.45. The zero-order chi connectivity index (χ0) is 21.4. The van der Waals surface area contributed by atoms with Crippen LogP contribution < -0.4 is 10.1 Å². The van der Waals surface area contributed by atoms with Gasteiger partial charge in [-0.15, -0.1) is 0 Å². The lowest BCUT2D eigenvalue weighted by molar-refractivity contribution is -0.388. The molecular formula is C21H18FN5O3. The smallest absolute Gasteiger partial charge is 0.348 e. The Balaban J connectivity index is 1.80. The molecule has 152 valence electrons. The number of ether oxygens (including phenoxy) is 1. The zero-order valence-electron chi connectivity index (χ0n) is 16.5. The monoisotopic (exact) mass is 407 g/mol. The highest BCUT2D eigenvalue weighted by molar-refractivity contribution is 5.95. The molecule has 0 radical (unpaired) electrons. The first kappa shape index (κ1) is 19.3. The van der Waals surface area contributed by atoms with Crippen molar-refractivity contribution in [3.63, 3.8) is 0 Å². The molecule has 8 nitrogen and oxygen atoms in total. The summed E-state index contributed by atoms with van der Waals surface area (Å²) in [4.78, 5) is 19.3. The van der Waals surface area contributed by atoms with Gasteiger partial charge in [0.1, 0.15) is 0 Å². The summed E-state index contributed by atoms with van der Waals surface area (Å²) >= 11 is 0. The van der Waals surface area contributed by atoms with E-state index in [1.54, 1.807) is 6.20 Å². The molecule has 1 N–H and O–H groups in total. The molecule has 0 atom stereocenters. The largest absolute Gasteiger partial charge is 0.489 e. The number of nitro groups is 1. The number of aromatic nitrogens is 3. The first-order valence-corrected chi connectivity index (χ1v) is 9.06. The van der Waals surface area contributed by atoms with Crippen LogP contribution in [0.15, 0.2) is 48.8 Å². The molecule has 0 saturated heterocycles. The molecule has 0 aliphatic rings. The summed E-state index contributed by atoms with van der Waals surface area (Å²) in [6, 6.07) is 10.3. The summed E-state index contributed by atoms with van der Waals surface area (Å²) < 4.78 is 21.0. The Kier molecular flexibility index (Phi) is 4.78. The van der Waals surface area contributed by atoms with Crippen molar-refractivity contribution >= 4 is 28.2 Å². The second-order valence-electron chi connectivity index (χ2n) is 6.75. The van der Waals surface area contributed by atoms with Gasteiger partial charge in [-0.2, -0.15) is 4.39 Å². The number of para-hydroxylation sites is 1. The van der Waals surface area contributed by atoms with Crippen LogP contribution in [-0.2, 0) is 7.05 Å². The van der Waals surface area contributed by atoms with E-state index in [4.69, 9.17) is 4.74 Å². The quantitative estimate of drug-likeness (QED) is 0.379. The number of anilines is 2. The second-order valence-corrected chi connectivity index (χ2v) is 6.75. The Labute approximate surface area is 171 Å². The fourth-order valence-electron chi connectivity index (χ4n) is 3.45. The highest BCUT2D eigenvalue weighted by Crippen LogP contribution is 2.38. The van der Waals surface area contributed by atoms with Gasteiger partial charge in [0.15, 0.2) is 0 Å². The van der Waals surface area contributed by atoms with E-state index in [2.05, 4.69) is 15.3 Å². The van der Waals surface area contributed by atoms with E-state index in [0.717, 1.165) is 33.8 Å². The predicted octanol–water partition coefficient (Wildman–Crippen LogP) is 4.74. The highest BCUT2D eigenvalue weighted by atomic mass is 19.1. The Bertz CT molecular complexity index is 1290. The van der Waals surface area contributed by atoms with Crippen molar-refractivity contribution in [3.8, 4) is 17.0 Å². The number of benzene rings is 2. The van der Waals surface area contributed by atoms with Gasteiger partial charge in [0.05, 0.1) is 23.4 Å². The van der Waals surface area contributed by atoms with Crippen molar-refractivity contribution in [1.29, 1.82) is 0 Å². The van der Waals surface area contributed by atoms with Gasteiger partial charge in [0.2, 0.25) is 17.5 Å². The number of hydrogen-bond acceptors (Lipinski definition) is 6. The molecule has 30 heavy (non-hydrogen) atoms. The Morgan fingerprint density at radius 1 is 1.23 bits per heavy atom. The van der Waals surface area contributed by atoms with Crippen LogP contribution in [0.5, 0.6) is 5.75 Å². The van der Waals surface area contributed by atoms with Crippen molar-refractivity contribution in [3.05, 3.63) is 70.3 Å². The van der Waals surface area contributed by atoms with Crippen LogP contribution in [0.3, 0.4) is 0 Å². The van der Waals surface area contributed by atoms with Gasteiger partial charge in [-0.1, -0.05) is 18.2 Å². The van der Waals surface area contributed by atoms with E-state index in [-0.39, 0.29) is 17.4 Å². The predicted molar refractivity (Wildman–Crippen MR) is 112 cm³/mol. The first-order chi connectivity index (χ1) is 14.4. The fraction of sp³-hybridized carbons (Fsp3) is 0.143. The third kappa shape index (κ3) is 3.20. The van der Waals surface area contributed by atoms with Gasteiger partial charge in [-0.05, 0) is 30.7 Å². The van der Waals surface area contributed by atoms with E-state index in [1.165, 1.54) is 13.2 Å². The number of aryl methyl sites for hydroxylation is 2. The maximum absolute atomic E-state index is 13.9. The van der Waals surface area contributed by atoms with Crippen LogP contribution in [-0.4, -0.2) is 26.6 Å². The first-order valence-electron chi connectivity index (χ1n) is 9.06. The van der Waals surface area contributed by atoms with Crippen molar-refractivity contribution in [2.45, 2.75) is 6.92 Å². The van der Waals surface area contributed by atoms with Crippen LogP contribution in [0.1, 0.15) is 5.56 Å². The number of methoxy groups -OCH3 is 1. The molecule has 0 amide bonds. The minimum atomic E-state index is -0.983. The minimum Gasteiger partial charge on any atom is -0.489 e. The Morgan fingerprint density at radius 2 is 2.00 bits per heavy atom. The average Bonchev–Trinajstić information content (AvgIpc) is 3.06. The Hall–Kier alpha value is -4.01. The number of fused-ring (bicyclic) bond motifs is 1. The zero-order valence-corrected chi connectivity index (χ0v) is 16.5. The molecule has 2 aromatic carbocycles. The number of halogens is 1. The highest BCUT2D eigenvalue weighted by Gasteiger charge is 2.25. The molecule has 0 aliphatic carbocycles. The van der Waals surface area contributed by atoms with Crippen LogP contribution in [0.4, 0.5) is 21.7 Å². The van der Waals surface area contributed by atoms with Crippen LogP contribution >= 0.6 is 0 Å². The van der Waals surface area contributed by atoms with E-state index in [1.807, 2.05) is 49.0 Å². The minimum absolute atomic E-state index is 0.193. The van der Waals surface area contributed by atoms with E-state index in [9.17, 15) is 14.5 Å². The summed E-state index contributed by atoms with van der Waals surface area (Å²) in [5, 5.41) is 15.2. The number of nitrogens with one attached hydrogen (secondary N) is 1. The molecule has 2 aromatic heterocycles. The second kappa shape index (κ2) is 7.43. The molecule has 0 unspecified atom stereocenters. The maximum Gasteiger partial charge on any atom is 0.348 e. The van der Waals surface area contributed by atoms with Crippen LogP contribution in [0.25, 0.3) is 22.2 Å². The van der Waals surface area contributed by atoms with Crippen molar-refractivity contribution < 1.29 is 14.1 Å². The number of hydrogen-bond donors (Lipinski definition) is 1. The summed E-state index contributed by atoms with van der Waals surface area (Å²) in [5.41, 5.74) is 3.04. The van der Waals surface area contributed by atoms with Gasteiger partial charge >= 0.3 is 5.69 Å². The molecule has 0 spiro atoms. The van der Waals surface area contributed by atoms with Gasteiger partial charge in [0, 0.05) is 35.9 Å². The molecule has 4 rings (SSSR count). The molecular weight excluding hydrogens is 389 g/mol. The third-order valence-electron chi connectivity index (χ3n) is 4.84. The molecule has 4 aromatic rings. The Morgan fingerprint density at radius 3 is 2.73 bits per heavy atom. The summed E-state index contributed by atoms with van der Waals surface area (Å²) in [7, 11) is 3.20.